The van der Waals surface area contributed by atoms with Crippen LogP contribution >= 0.6 is 15.9 Å². The van der Waals surface area contributed by atoms with Gasteiger partial charge < -0.3 is 9.47 Å². The van der Waals surface area contributed by atoms with Crippen molar-refractivity contribution in [3.05, 3.63) is 16.7 Å². The first kappa shape index (κ1) is 9.33. The largest absolute Gasteiger partial charge is 0.495 e. The topological polar surface area (TPSA) is 47.1 Å². The van der Waals surface area contributed by atoms with Crippen molar-refractivity contribution in [3.63, 3.8) is 0 Å². The maximum atomic E-state index is 5.26. The number of ether oxygens (including phenoxy) is 2. The second-order valence-corrected chi connectivity index (χ2v) is 3.55. The van der Waals surface area contributed by atoms with Gasteiger partial charge in [0.05, 0.1) is 20.4 Å². The summed E-state index contributed by atoms with van der Waals surface area (Å²) >= 11 is 3.41. The Morgan fingerprint density at radius 2 is 2.14 bits per heavy atom. The number of aromatic nitrogens is 2. The summed E-state index contributed by atoms with van der Waals surface area (Å²) in [6.45, 7) is 0. The van der Waals surface area contributed by atoms with Gasteiger partial charge in [0.25, 0.3) is 0 Å². The molecule has 0 atom stereocenters. The van der Waals surface area contributed by atoms with Crippen molar-refractivity contribution in [2.45, 2.75) is 0 Å². The van der Waals surface area contributed by atoms with Gasteiger partial charge in [-0.05, 0) is 22.0 Å². The minimum atomic E-state index is 0.705. The highest BCUT2D eigenvalue weighted by molar-refractivity contribution is 9.10. The fourth-order valence-corrected chi connectivity index (χ4v) is 1.99. The van der Waals surface area contributed by atoms with Crippen molar-refractivity contribution in [3.8, 4) is 11.5 Å². The molecule has 2 aromatic rings. The van der Waals surface area contributed by atoms with Crippen LogP contribution < -0.4 is 9.47 Å². The van der Waals surface area contributed by atoms with E-state index in [-0.39, 0.29) is 0 Å². The average Bonchev–Trinajstić information content (AvgIpc) is 2.64. The zero-order valence-corrected chi connectivity index (χ0v) is 9.38. The molecule has 2 rings (SSSR count). The Bertz CT molecular complexity index is 467. The molecule has 0 fully saturated rings. The van der Waals surface area contributed by atoms with Crippen molar-refractivity contribution in [1.29, 1.82) is 0 Å². The first-order valence-electron chi connectivity index (χ1n) is 4.01. The lowest BCUT2D eigenvalue weighted by Crippen LogP contribution is -1.90. The van der Waals surface area contributed by atoms with Gasteiger partial charge in [-0.1, -0.05) is 0 Å². The summed E-state index contributed by atoms with van der Waals surface area (Å²) in [7, 11) is 3.23. The minimum Gasteiger partial charge on any atom is -0.495 e. The molecule has 1 aromatic heterocycles. The molecule has 0 radical (unpaired) electrons. The van der Waals surface area contributed by atoms with E-state index in [0.717, 1.165) is 21.1 Å². The molecular formula is C9H9BrN2O2. The second-order valence-electron chi connectivity index (χ2n) is 2.76. The molecular weight excluding hydrogens is 248 g/mol. The average molecular weight is 257 g/mol. The highest BCUT2D eigenvalue weighted by Crippen LogP contribution is 2.39. The van der Waals surface area contributed by atoms with Crippen LogP contribution in [-0.4, -0.2) is 24.4 Å². The summed E-state index contributed by atoms with van der Waals surface area (Å²) in [5.41, 5.74) is 0.861. The van der Waals surface area contributed by atoms with Crippen LogP contribution in [-0.2, 0) is 0 Å². The maximum Gasteiger partial charge on any atom is 0.162 e. The molecule has 0 unspecified atom stereocenters. The van der Waals surface area contributed by atoms with Crippen molar-refractivity contribution in [2.75, 3.05) is 14.2 Å². The number of methoxy groups -OCH3 is 2. The SMILES string of the molecule is COc1cc2cn[nH]c2c(OC)c1Br. The number of H-pyrrole nitrogens is 1. The number of hydrogen-bond donors (Lipinski definition) is 1. The van der Waals surface area contributed by atoms with Crippen LogP contribution in [0.2, 0.25) is 0 Å². The number of nitrogens with one attached hydrogen (secondary N) is 1. The van der Waals surface area contributed by atoms with E-state index in [1.807, 2.05) is 6.07 Å². The fraction of sp³-hybridized carbons (Fsp3) is 0.222. The summed E-state index contributed by atoms with van der Waals surface area (Å²) in [6.07, 6.45) is 1.73. The highest BCUT2D eigenvalue weighted by Gasteiger charge is 2.13. The van der Waals surface area contributed by atoms with Crippen molar-refractivity contribution >= 4 is 26.8 Å². The summed E-state index contributed by atoms with van der Waals surface area (Å²) in [6, 6.07) is 1.89. The van der Waals surface area contributed by atoms with Crippen molar-refractivity contribution in [2.24, 2.45) is 0 Å². The first-order chi connectivity index (χ1) is 6.77. The lowest BCUT2D eigenvalue weighted by atomic mass is 10.2. The Morgan fingerprint density at radius 3 is 2.79 bits per heavy atom. The van der Waals surface area contributed by atoms with Crippen LogP contribution in [0, 0.1) is 0 Å². The van der Waals surface area contributed by atoms with Gasteiger partial charge >= 0.3 is 0 Å². The molecule has 0 aliphatic carbocycles. The molecule has 74 valence electrons. The van der Waals surface area contributed by atoms with E-state index >= 15 is 0 Å². The Kier molecular flexibility index (Phi) is 2.33. The minimum absolute atomic E-state index is 0.705. The third-order valence-electron chi connectivity index (χ3n) is 2.02. The zero-order chi connectivity index (χ0) is 10.1. The lowest BCUT2D eigenvalue weighted by Gasteiger charge is -2.08. The first-order valence-corrected chi connectivity index (χ1v) is 4.80. The molecule has 0 bridgehead atoms. The van der Waals surface area contributed by atoms with Crippen molar-refractivity contribution in [1.82, 2.24) is 10.2 Å². The summed E-state index contributed by atoms with van der Waals surface area (Å²) < 4.78 is 11.2. The molecule has 1 aromatic carbocycles. The van der Waals surface area contributed by atoms with Gasteiger partial charge in [0.2, 0.25) is 0 Å². The molecule has 0 amide bonds. The molecule has 0 saturated heterocycles. The van der Waals surface area contributed by atoms with Crippen LogP contribution in [0.3, 0.4) is 0 Å². The Labute approximate surface area is 89.3 Å². The molecule has 0 aliphatic rings. The van der Waals surface area contributed by atoms with Crippen LogP contribution in [0.15, 0.2) is 16.7 Å². The van der Waals surface area contributed by atoms with E-state index < -0.39 is 0 Å². The number of benzene rings is 1. The summed E-state index contributed by atoms with van der Waals surface area (Å²) in [5.74, 6) is 1.44. The van der Waals surface area contributed by atoms with E-state index in [2.05, 4.69) is 26.1 Å². The number of aromatic amines is 1. The molecule has 0 aliphatic heterocycles. The fourth-order valence-electron chi connectivity index (χ4n) is 1.35. The zero-order valence-electron chi connectivity index (χ0n) is 7.80. The van der Waals surface area contributed by atoms with Crippen molar-refractivity contribution < 1.29 is 9.47 Å². The van der Waals surface area contributed by atoms with Gasteiger partial charge in [0, 0.05) is 5.39 Å². The second kappa shape index (κ2) is 3.49. The maximum absolute atomic E-state index is 5.26. The monoisotopic (exact) mass is 256 g/mol. The van der Waals surface area contributed by atoms with Gasteiger partial charge in [-0.25, -0.2) is 0 Å². The standard InChI is InChI=1S/C9H9BrN2O2/c1-13-6-3-5-4-11-12-8(5)9(14-2)7(6)10/h3-4H,1-2H3,(H,11,12). The molecule has 1 N–H and O–H groups in total. The molecule has 0 saturated carbocycles. The Hall–Kier alpha value is -1.23. The molecule has 14 heavy (non-hydrogen) atoms. The molecule has 1 heterocycles. The number of halogens is 1. The molecule has 4 nitrogen and oxygen atoms in total. The van der Waals surface area contributed by atoms with Gasteiger partial charge in [0.1, 0.15) is 15.7 Å². The third-order valence-corrected chi connectivity index (χ3v) is 2.77. The number of rotatable bonds is 2. The summed E-state index contributed by atoms with van der Waals surface area (Å²) in [5, 5.41) is 7.78. The van der Waals surface area contributed by atoms with Crippen LogP contribution in [0.1, 0.15) is 0 Å². The van der Waals surface area contributed by atoms with Gasteiger partial charge in [-0.2, -0.15) is 5.10 Å². The quantitative estimate of drug-likeness (QED) is 0.898. The van der Waals surface area contributed by atoms with E-state index in [1.54, 1.807) is 20.4 Å². The number of nitrogens with zero attached hydrogens (tertiary/aromatic N) is 1. The number of fused-ring (bicyclic) bond motifs is 1. The third kappa shape index (κ3) is 1.24. The highest BCUT2D eigenvalue weighted by atomic mass is 79.9. The van der Waals surface area contributed by atoms with E-state index in [9.17, 15) is 0 Å². The van der Waals surface area contributed by atoms with Crippen LogP contribution in [0.25, 0.3) is 10.9 Å². The van der Waals surface area contributed by atoms with E-state index in [1.165, 1.54) is 0 Å². The Balaban J connectivity index is 2.80. The van der Waals surface area contributed by atoms with E-state index in [4.69, 9.17) is 9.47 Å². The van der Waals surface area contributed by atoms with Crippen LogP contribution in [0.5, 0.6) is 11.5 Å². The predicted molar refractivity (Wildman–Crippen MR) is 56.9 cm³/mol. The normalized spacial score (nSPS) is 10.5. The van der Waals surface area contributed by atoms with Crippen LogP contribution in [0.4, 0.5) is 0 Å². The Morgan fingerprint density at radius 1 is 1.36 bits per heavy atom. The predicted octanol–water partition coefficient (Wildman–Crippen LogP) is 2.34. The molecule has 5 heteroatoms. The molecule has 0 spiro atoms. The number of hydrogen-bond acceptors (Lipinski definition) is 3. The smallest absolute Gasteiger partial charge is 0.162 e. The van der Waals surface area contributed by atoms with Gasteiger partial charge in [0.15, 0.2) is 5.75 Å². The van der Waals surface area contributed by atoms with E-state index in [0.29, 0.717) is 5.75 Å². The summed E-state index contributed by atoms with van der Waals surface area (Å²) in [4.78, 5) is 0. The van der Waals surface area contributed by atoms with Gasteiger partial charge in [-0.3, -0.25) is 5.10 Å². The lowest BCUT2D eigenvalue weighted by molar-refractivity contribution is 0.392. The van der Waals surface area contributed by atoms with Gasteiger partial charge in [-0.15, -0.1) is 0 Å².